The van der Waals surface area contributed by atoms with E-state index in [4.69, 9.17) is 23.2 Å². The normalized spacial score (nSPS) is 10.7. The van der Waals surface area contributed by atoms with Crippen molar-refractivity contribution in [2.24, 2.45) is 0 Å². The molecule has 122 valence electrons. The van der Waals surface area contributed by atoms with Gasteiger partial charge >= 0.3 is 0 Å². The van der Waals surface area contributed by atoms with Crippen LogP contribution >= 0.6 is 34.5 Å². The summed E-state index contributed by atoms with van der Waals surface area (Å²) in [6, 6.07) is 10.8. The van der Waals surface area contributed by atoms with Gasteiger partial charge in [-0.05, 0) is 49.4 Å². The second-order valence-electron chi connectivity index (χ2n) is 5.02. The van der Waals surface area contributed by atoms with Crippen molar-refractivity contribution in [3.63, 3.8) is 0 Å². The van der Waals surface area contributed by atoms with Gasteiger partial charge in [0.2, 0.25) is 0 Å². The molecule has 0 aliphatic rings. The molecule has 0 saturated carbocycles. The molecule has 0 atom stereocenters. The van der Waals surface area contributed by atoms with Crippen LogP contribution in [0.1, 0.15) is 15.4 Å². The maximum Gasteiger partial charge on any atom is 0.267 e. The predicted molar refractivity (Wildman–Crippen MR) is 96.7 cm³/mol. The zero-order chi connectivity index (χ0) is 17.3. The van der Waals surface area contributed by atoms with Gasteiger partial charge in [-0.25, -0.2) is 9.37 Å². The highest BCUT2D eigenvalue weighted by Gasteiger charge is 2.17. The molecule has 0 spiro atoms. The van der Waals surface area contributed by atoms with E-state index in [-0.39, 0.29) is 11.7 Å². The SMILES string of the molecule is Cc1nc(-c2ccc(F)cc2)sc1C(=O)Nc1cc(Cl)ccc1Cl. The summed E-state index contributed by atoms with van der Waals surface area (Å²) in [6.45, 7) is 1.75. The number of anilines is 1. The Kier molecular flexibility index (Phi) is 4.85. The quantitative estimate of drug-likeness (QED) is 0.622. The third kappa shape index (κ3) is 3.59. The number of aromatic nitrogens is 1. The van der Waals surface area contributed by atoms with Gasteiger partial charge in [-0.2, -0.15) is 0 Å². The van der Waals surface area contributed by atoms with Crippen molar-refractivity contribution < 1.29 is 9.18 Å². The topological polar surface area (TPSA) is 42.0 Å². The zero-order valence-corrected chi connectivity index (χ0v) is 14.8. The molecule has 3 rings (SSSR count). The number of nitrogens with zero attached hydrogens (tertiary/aromatic N) is 1. The first-order valence-corrected chi connectivity index (χ1v) is 8.51. The number of thiazole rings is 1. The van der Waals surface area contributed by atoms with Crippen LogP contribution in [0.5, 0.6) is 0 Å². The lowest BCUT2D eigenvalue weighted by Crippen LogP contribution is -2.11. The van der Waals surface area contributed by atoms with Crippen LogP contribution in [0.4, 0.5) is 10.1 Å². The molecule has 0 aliphatic heterocycles. The summed E-state index contributed by atoms with van der Waals surface area (Å²) in [5.41, 5.74) is 1.78. The summed E-state index contributed by atoms with van der Waals surface area (Å²) >= 11 is 13.2. The first-order valence-electron chi connectivity index (χ1n) is 6.94. The fourth-order valence-corrected chi connectivity index (χ4v) is 3.40. The van der Waals surface area contributed by atoms with Gasteiger partial charge in [0, 0.05) is 10.6 Å². The van der Waals surface area contributed by atoms with E-state index < -0.39 is 0 Å². The summed E-state index contributed by atoms with van der Waals surface area (Å²) in [7, 11) is 0. The number of carbonyl (C=O) groups is 1. The highest BCUT2D eigenvalue weighted by molar-refractivity contribution is 7.17. The van der Waals surface area contributed by atoms with Gasteiger partial charge in [-0.1, -0.05) is 23.2 Å². The maximum absolute atomic E-state index is 13.0. The molecular formula is C17H11Cl2FN2OS. The first kappa shape index (κ1) is 16.9. The van der Waals surface area contributed by atoms with Gasteiger partial charge in [0.15, 0.2) is 0 Å². The predicted octanol–water partition coefficient (Wildman–Crippen LogP) is 5.82. The lowest BCUT2D eigenvalue weighted by atomic mass is 10.2. The Morgan fingerprint density at radius 1 is 1.17 bits per heavy atom. The minimum absolute atomic E-state index is 0.317. The number of halogens is 3. The van der Waals surface area contributed by atoms with Gasteiger partial charge < -0.3 is 5.32 Å². The number of hydrogen-bond acceptors (Lipinski definition) is 3. The Hall–Kier alpha value is -1.95. The van der Waals surface area contributed by atoms with Crippen LogP contribution in [-0.2, 0) is 0 Å². The van der Waals surface area contributed by atoms with E-state index in [1.165, 1.54) is 23.5 Å². The van der Waals surface area contributed by atoms with Gasteiger partial charge in [0.1, 0.15) is 15.7 Å². The van der Waals surface area contributed by atoms with E-state index in [0.717, 1.165) is 5.56 Å². The molecule has 0 saturated heterocycles. The van der Waals surface area contributed by atoms with Gasteiger partial charge in [-0.15, -0.1) is 11.3 Å². The zero-order valence-electron chi connectivity index (χ0n) is 12.4. The van der Waals surface area contributed by atoms with Gasteiger partial charge in [0.05, 0.1) is 16.4 Å². The molecule has 0 unspecified atom stereocenters. The van der Waals surface area contributed by atoms with Crippen molar-refractivity contribution >= 4 is 46.1 Å². The molecule has 7 heteroatoms. The Labute approximate surface area is 152 Å². The van der Waals surface area contributed by atoms with Crippen LogP contribution in [-0.4, -0.2) is 10.9 Å². The standard InChI is InChI=1S/C17H11Cl2FN2OS/c1-9-15(16(23)22-14-8-11(18)4-7-13(14)19)24-17(21-9)10-2-5-12(20)6-3-10/h2-8H,1H3,(H,22,23). The molecule has 0 fully saturated rings. The van der Waals surface area contributed by atoms with E-state index in [0.29, 0.717) is 31.3 Å². The van der Waals surface area contributed by atoms with Crippen LogP contribution in [0.2, 0.25) is 10.0 Å². The largest absolute Gasteiger partial charge is 0.320 e. The van der Waals surface area contributed by atoms with Crippen molar-refractivity contribution in [3.05, 3.63) is 68.9 Å². The number of rotatable bonds is 3. The monoisotopic (exact) mass is 380 g/mol. The molecule has 1 aromatic heterocycles. The minimum Gasteiger partial charge on any atom is -0.320 e. The van der Waals surface area contributed by atoms with Gasteiger partial charge in [0.25, 0.3) is 5.91 Å². The second kappa shape index (κ2) is 6.89. The first-order chi connectivity index (χ1) is 11.4. The van der Waals surface area contributed by atoms with E-state index >= 15 is 0 Å². The Morgan fingerprint density at radius 3 is 2.58 bits per heavy atom. The molecule has 2 aromatic carbocycles. The van der Waals surface area contributed by atoms with E-state index in [2.05, 4.69) is 10.3 Å². The fourth-order valence-electron chi connectivity index (χ4n) is 2.10. The van der Waals surface area contributed by atoms with E-state index in [1.807, 2.05) is 0 Å². The van der Waals surface area contributed by atoms with Crippen molar-refractivity contribution in [1.29, 1.82) is 0 Å². The second-order valence-corrected chi connectivity index (χ2v) is 6.86. The fraction of sp³-hybridized carbons (Fsp3) is 0.0588. The van der Waals surface area contributed by atoms with Crippen molar-refractivity contribution in [2.45, 2.75) is 6.92 Å². The number of aryl methyl sites for hydroxylation is 1. The van der Waals surface area contributed by atoms with Crippen molar-refractivity contribution in [3.8, 4) is 10.6 Å². The lowest BCUT2D eigenvalue weighted by Gasteiger charge is -2.06. The summed E-state index contributed by atoms with van der Waals surface area (Å²) in [5.74, 6) is -0.636. The molecule has 1 N–H and O–H groups in total. The smallest absolute Gasteiger partial charge is 0.267 e. The average Bonchev–Trinajstić information content (AvgIpc) is 2.93. The minimum atomic E-state index is -0.319. The molecule has 0 aliphatic carbocycles. The molecule has 0 bridgehead atoms. The molecule has 3 aromatic rings. The average molecular weight is 381 g/mol. The Morgan fingerprint density at radius 2 is 1.88 bits per heavy atom. The third-order valence-electron chi connectivity index (χ3n) is 3.27. The summed E-state index contributed by atoms with van der Waals surface area (Å²) in [6.07, 6.45) is 0. The third-order valence-corrected chi connectivity index (χ3v) is 5.04. The number of nitrogens with one attached hydrogen (secondary N) is 1. The van der Waals surface area contributed by atoms with Crippen LogP contribution in [0, 0.1) is 12.7 Å². The highest BCUT2D eigenvalue weighted by Crippen LogP contribution is 2.30. The Balaban J connectivity index is 1.88. The molecule has 0 radical (unpaired) electrons. The molecule has 1 amide bonds. The van der Waals surface area contributed by atoms with Crippen molar-refractivity contribution in [1.82, 2.24) is 4.98 Å². The number of amides is 1. The number of hydrogen-bond donors (Lipinski definition) is 1. The highest BCUT2D eigenvalue weighted by atomic mass is 35.5. The molecule has 1 heterocycles. The van der Waals surface area contributed by atoms with Crippen LogP contribution in [0.25, 0.3) is 10.6 Å². The van der Waals surface area contributed by atoms with Crippen LogP contribution < -0.4 is 5.32 Å². The van der Waals surface area contributed by atoms with E-state index in [9.17, 15) is 9.18 Å². The summed E-state index contributed by atoms with van der Waals surface area (Å²) < 4.78 is 13.0. The van der Waals surface area contributed by atoms with Crippen LogP contribution in [0.15, 0.2) is 42.5 Å². The number of carbonyl (C=O) groups excluding carboxylic acids is 1. The maximum atomic E-state index is 13.0. The van der Waals surface area contributed by atoms with E-state index in [1.54, 1.807) is 37.3 Å². The number of benzene rings is 2. The summed E-state index contributed by atoms with van der Waals surface area (Å²) in [4.78, 5) is 17.3. The molecular weight excluding hydrogens is 370 g/mol. The van der Waals surface area contributed by atoms with Crippen LogP contribution in [0.3, 0.4) is 0 Å². The van der Waals surface area contributed by atoms with Crippen molar-refractivity contribution in [2.75, 3.05) is 5.32 Å². The molecule has 3 nitrogen and oxygen atoms in total. The summed E-state index contributed by atoms with van der Waals surface area (Å²) in [5, 5.41) is 4.26. The Bertz CT molecular complexity index is 909. The molecule has 24 heavy (non-hydrogen) atoms. The lowest BCUT2D eigenvalue weighted by molar-refractivity contribution is 0.103. The van der Waals surface area contributed by atoms with Gasteiger partial charge in [-0.3, -0.25) is 4.79 Å².